The normalized spacial score (nSPS) is 25.2. The molecule has 2 amide bonds. The van der Waals surface area contributed by atoms with Gasteiger partial charge in [-0.1, -0.05) is 12.8 Å². The number of carboxylic acids is 1. The summed E-state index contributed by atoms with van der Waals surface area (Å²) in [6, 6.07) is -0.409. The van der Waals surface area contributed by atoms with Crippen LogP contribution in [-0.2, 0) is 4.79 Å². The molecule has 0 aromatic carbocycles. The molecule has 17 heavy (non-hydrogen) atoms. The van der Waals surface area contributed by atoms with Crippen LogP contribution in [0.5, 0.6) is 0 Å². The number of aliphatic carboxylic acids is 1. The summed E-state index contributed by atoms with van der Waals surface area (Å²) in [4.78, 5) is 26.7. The molecule has 96 valence electrons. The number of likely N-dealkylation sites (tertiary alicyclic amines) is 1. The SMILES string of the molecule is CN(C(=O)N1CCCCCC1C(=O)O)C1CC1. The van der Waals surface area contributed by atoms with Crippen LogP contribution in [0.1, 0.15) is 38.5 Å². The van der Waals surface area contributed by atoms with Crippen molar-refractivity contribution in [3.63, 3.8) is 0 Å². The largest absolute Gasteiger partial charge is 0.480 e. The second-order valence-corrected chi connectivity index (χ2v) is 5.02. The molecule has 0 aromatic heterocycles. The highest BCUT2D eigenvalue weighted by atomic mass is 16.4. The molecule has 2 fully saturated rings. The molecule has 2 aliphatic rings. The Hall–Kier alpha value is -1.26. The molecule has 1 aliphatic carbocycles. The summed E-state index contributed by atoms with van der Waals surface area (Å²) in [5, 5.41) is 9.21. The fourth-order valence-electron chi connectivity index (χ4n) is 2.41. The van der Waals surface area contributed by atoms with Gasteiger partial charge in [0.25, 0.3) is 0 Å². The second-order valence-electron chi connectivity index (χ2n) is 5.02. The molecule has 2 rings (SSSR count). The molecule has 0 radical (unpaired) electrons. The van der Waals surface area contributed by atoms with Gasteiger partial charge in [-0.15, -0.1) is 0 Å². The van der Waals surface area contributed by atoms with Gasteiger partial charge < -0.3 is 14.9 Å². The van der Waals surface area contributed by atoms with E-state index in [0.717, 1.165) is 32.1 Å². The topological polar surface area (TPSA) is 60.9 Å². The van der Waals surface area contributed by atoms with Gasteiger partial charge in [0.2, 0.25) is 0 Å². The summed E-state index contributed by atoms with van der Waals surface area (Å²) in [6.07, 6.45) is 5.50. The Balaban J connectivity index is 2.07. The number of carboxylic acid groups (broad SMARTS) is 1. The molecule has 5 nitrogen and oxygen atoms in total. The quantitative estimate of drug-likeness (QED) is 0.796. The number of carbonyl (C=O) groups is 2. The lowest BCUT2D eigenvalue weighted by atomic mass is 10.1. The number of nitrogens with zero attached hydrogens (tertiary/aromatic N) is 2. The first-order chi connectivity index (χ1) is 8.11. The minimum atomic E-state index is -0.871. The smallest absolute Gasteiger partial charge is 0.326 e. The molecule has 1 atom stereocenters. The minimum Gasteiger partial charge on any atom is -0.480 e. The van der Waals surface area contributed by atoms with Crippen molar-refractivity contribution >= 4 is 12.0 Å². The van der Waals surface area contributed by atoms with E-state index in [9.17, 15) is 14.7 Å². The number of urea groups is 1. The van der Waals surface area contributed by atoms with Crippen molar-refractivity contribution < 1.29 is 14.7 Å². The predicted molar refractivity (Wildman–Crippen MR) is 62.8 cm³/mol. The van der Waals surface area contributed by atoms with E-state index < -0.39 is 12.0 Å². The van der Waals surface area contributed by atoms with Crippen LogP contribution in [0.15, 0.2) is 0 Å². The van der Waals surface area contributed by atoms with E-state index in [1.165, 1.54) is 0 Å². The first kappa shape index (κ1) is 12.2. The highest BCUT2D eigenvalue weighted by Crippen LogP contribution is 2.27. The van der Waals surface area contributed by atoms with Crippen molar-refractivity contribution in [1.82, 2.24) is 9.80 Å². The third-order valence-corrected chi connectivity index (χ3v) is 3.68. The van der Waals surface area contributed by atoms with Crippen LogP contribution in [0.25, 0.3) is 0 Å². The maximum Gasteiger partial charge on any atom is 0.326 e. The Morgan fingerprint density at radius 1 is 1.18 bits per heavy atom. The van der Waals surface area contributed by atoms with E-state index in [2.05, 4.69) is 0 Å². The summed E-state index contributed by atoms with van der Waals surface area (Å²) < 4.78 is 0. The highest BCUT2D eigenvalue weighted by molar-refractivity contribution is 5.83. The molecule has 1 unspecified atom stereocenters. The van der Waals surface area contributed by atoms with Crippen LogP contribution in [-0.4, -0.2) is 52.6 Å². The predicted octanol–water partition coefficient (Wildman–Crippen LogP) is 1.53. The lowest BCUT2D eigenvalue weighted by molar-refractivity contribution is -0.142. The zero-order valence-corrected chi connectivity index (χ0v) is 10.3. The molecule has 1 heterocycles. The molecule has 0 aromatic rings. The first-order valence-electron chi connectivity index (χ1n) is 6.37. The van der Waals surface area contributed by atoms with Gasteiger partial charge in [0, 0.05) is 19.6 Å². The van der Waals surface area contributed by atoms with Crippen LogP contribution in [0.4, 0.5) is 4.79 Å². The summed E-state index contributed by atoms with van der Waals surface area (Å²) in [7, 11) is 1.78. The molecule has 5 heteroatoms. The van der Waals surface area contributed by atoms with Gasteiger partial charge in [-0.25, -0.2) is 9.59 Å². The number of hydrogen-bond acceptors (Lipinski definition) is 2. The monoisotopic (exact) mass is 240 g/mol. The van der Waals surface area contributed by atoms with Crippen LogP contribution < -0.4 is 0 Å². The molecule has 0 bridgehead atoms. The van der Waals surface area contributed by atoms with Crippen molar-refractivity contribution in [2.24, 2.45) is 0 Å². The lowest BCUT2D eigenvalue weighted by Crippen LogP contribution is -2.50. The van der Waals surface area contributed by atoms with Crippen molar-refractivity contribution in [1.29, 1.82) is 0 Å². The van der Waals surface area contributed by atoms with Gasteiger partial charge in [-0.05, 0) is 25.7 Å². The summed E-state index contributed by atoms with van der Waals surface area (Å²) in [6.45, 7) is 0.576. The van der Waals surface area contributed by atoms with Gasteiger partial charge >= 0.3 is 12.0 Å². The third-order valence-electron chi connectivity index (χ3n) is 3.68. The second kappa shape index (κ2) is 4.94. The van der Waals surface area contributed by atoms with Crippen molar-refractivity contribution in [3.8, 4) is 0 Å². The standard InChI is InChI=1S/C12H20N2O3/c1-13(9-6-7-9)12(17)14-8-4-2-3-5-10(14)11(15)16/h9-10H,2-8H2,1H3,(H,15,16). The summed E-state index contributed by atoms with van der Waals surface area (Å²) in [5.74, 6) is -0.871. The average Bonchev–Trinajstić information content (AvgIpc) is 3.12. The van der Waals surface area contributed by atoms with E-state index in [-0.39, 0.29) is 6.03 Å². The Labute approximate surface area is 101 Å². The van der Waals surface area contributed by atoms with Gasteiger partial charge in [0.05, 0.1) is 0 Å². The summed E-state index contributed by atoms with van der Waals surface area (Å²) in [5.41, 5.74) is 0. The molecule has 1 aliphatic heterocycles. The zero-order valence-electron chi connectivity index (χ0n) is 10.3. The number of hydrogen-bond donors (Lipinski definition) is 1. The first-order valence-corrected chi connectivity index (χ1v) is 6.37. The van der Waals surface area contributed by atoms with Gasteiger partial charge in [0.15, 0.2) is 0 Å². The average molecular weight is 240 g/mol. The van der Waals surface area contributed by atoms with Crippen molar-refractivity contribution in [2.45, 2.75) is 50.6 Å². The molecule has 1 saturated heterocycles. The van der Waals surface area contributed by atoms with E-state index in [1.807, 2.05) is 0 Å². The maximum absolute atomic E-state index is 12.2. The zero-order chi connectivity index (χ0) is 12.4. The lowest BCUT2D eigenvalue weighted by Gasteiger charge is -2.31. The van der Waals surface area contributed by atoms with Gasteiger partial charge in [-0.3, -0.25) is 0 Å². The maximum atomic E-state index is 12.2. The number of amides is 2. The third kappa shape index (κ3) is 2.70. The fraction of sp³-hybridized carbons (Fsp3) is 0.833. The molecule has 1 saturated carbocycles. The Morgan fingerprint density at radius 3 is 2.47 bits per heavy atom. The van der Waals surface area contributed by atoms with Crippen molar-refractivity contribution in [3.05, 3.63) is 0 Å². The minimum absolute atomic E-state index is 0.109. The highest BCUT2D eigenvalue weighted by Gasteiger charge is 2.37. The molecule has 0 spiro atoms. The van der Waals surface area contributed by atoms with E-state index >= 15 is 0 Å². The Bertz CT molecular complexity index is 315. The van der Waals surface area contributed by atoms with E-state index in [0.29, 0.717) is 19.0 Å². The molecular weight excluding hydrogens is 220 g/mol. The van der Waals surface area contributed by atoms with Gasteiger partial charge in [0.1, 0.15) is 6.04 Å². The van der Waals surface area contributed by atoms with Crippen LogP contribution in [0, 0.1) is 0 Å². The Kier molecular flexibility index (Phi) is 3.54. The molecule has 1 N–H and O–H groups in total. The summed E-state index contributed by atoms with van der Waals surface area (Å²) >= 11 is 0. The van der Waals surface area contributed by atoms with E-state index in [1.54, 1.807) is 16.8 Å². The van der Waals surface area contributed by atoms with E-state index in [4.69, 9.17) is 0 Å². The van der Waals surface area contributed by atoms with Crippen LogP contribution in [0.2, 0.25) is 0 Å². The van der Waals surface area contributed by atoms with Crippen LogP contribution in [0.3, 0.4) is 0 Å². The van der Waals surface area contributed by atoms with Gasteiger partial charge in [-0.2, -0.15) is 0 Å². The molecular formula is C12H20N2O3. The van der Waals surface area contributed by atoms with Crippen molar-refractivity contribution in [2.75, 3.05) is 13.6 Å². The Morgan fingerprint density at radius 2 is 1.88 bits per heavy atom. The fourth-order valence-corrected chi connectivity index (χ4v) is 2.41. The number of rotatable bonds is 2. The number of carbonyl (C=O) groups excluding carboxylic acids is 1. The van der Waals surface area contributed by atoms with Crippen LogP contribution >= 0.6 is 0 Å².